The van der Waals surface area contributed by atoms with E-state index in [1.54, 1.807) is 6.20 Å². The van der Waals surface area contributed by atoms with E-state index in [2.05, 4.69) is 10.2 Å². The Balaban J connectivity index is 1.68. The van der Waals surface area contributed by atoms with E-state index in [4.69, 9.17) is 15.2 Å². The minimum atomic E-state index is -0.429. The van der Waals surface area contributed by atoms with E-state index in [1.165, 1.54) is 6.42 Å². The van der Waals surface area contributed by atoms with Gasteiger partial charge in [-0.1, -0.05) is 12.5 Å². The summed E-state index contributed by atoms with van der Waals surface area (Å²) in [6.07, 6.45) is 7.24. The molecule has 20 heavy (non-hydrogen) atoms. The summed E-state index contributed by atoms with van der Waals surface area (Å²) >= 11 is 0. The Bertz CT molecular complexity index is 644. The highest BCUT2D eigenvalue weighted by Crippen LogP contribution is 2.47. The van der Waals surface area contributed by atoms with E-state index in [9.17, 15) is 0 Å². The molecule has 0 radical (unpaired) electrons. The number of fused-ring (bicyclic) bond motifs is 1. The minimum Gasteiger partial charge on any atom is -0.448 e. The fraction of sp³-hybridized carbons (Fsp3) is 0.400. The second kappa shape index (κ2) is 4.16. The average Bonchev–Trinajstić information content (AvgIpc) is 3.02. The van der Waals surface area contributed by atoms with E-state index in [-0.39, 0.29) is 0 Å². The van der Waals surface area contributed by atoms with Crippen LogP contribution in [0.4, 0.5) is 5.82 Å². The van der Waals surface area contributed by atoms with Crippen LogP contribution in [-0.4, -0.2) is 16.0 Å². The molecule has 3 N–H and O–H groups in total. The molecule has 2 heterocycles. The summed E-state index contributed by atoms with van der Waals surface area (Å²) in [4.78, 5) is 0. The molecule has 0 amide bonds. The van der Waals surface area contributed by atoms with Crippen LogP contribution in [0.25, 0.3) is 11.1 Å². The lowest BCUT2D eigenvalue weighted by Crippen LogP contribution is -2.40. The highest BCUT2D eigenvalue weighted by molar-refractivity contribution is 5.75. The molecule has 4 rings (SSSR count). The number of benzene rings is 1. The van der Waals surface area contributed by atoms with E-state index < -0.39 is 5.79 Å². The van der Waals surface area contributed by atoms with Gasteiger partial charge in [0, 0.05) is 18.4 Å². The van der Waals surface area contributed by atoms with Crippen molar-refractivity contribution in [3.05, 3.63) is 24.4 Å². The molecule has 1 fully saturated rings. The smallest absolute Gasteiger partial charge is 0.251 e. The van der Waals surface area contributed by atoms with E-state index in [0.29, 0.717) is 5.82 Å². The maximum Gasteiger partial charge on any atom is 0.251 e. The van der Waals surface area contributed by atoms with Crippen LogP contribution >= 0.6 is 0 Å². The van der Waals surface area contributed by atoms with Crippen molar-refractivity contribution in [1.29, 1.82) is 0 Å². The maximum absolute atomic E-state index is 6.12. The largest absolute Gasteiger partial charge is 0.448 e. The number of aromatic nitrogens is 2. The molecule has 5 heteroatoms. The van der Waals surface area contributed by atoms with Crippen LogP contribution < -0.4 is 15.2 Å². The number of aromatic amines is 1. The predicted octanol–water partition coefficient (Wildman–Crippen LogP) is 3.09. The van der Waals surface area contributed by atoms with Gasteiger partial charge in [0.15, 0.2) is 11.5 Å². The lowest BCUT2D eigenvalue weighted by atomic mass is 9.94. The van der Waals surface area contributed by atoms with Gasteiger partial charge in [-0.05, 0) is 30.5 Å². The summed E-state index contributed by atoms with van der Waals surface area (Å²) in [6.45, 7) is 0. The van der Waals surface area contributed by atoms with Gasteiger partial charge in [0.05, 0.1) is 6.20 Å². The summed E-state index contributed by atoms with van der Waals surface area (Å²) in [7, 11) is 0. The highest BCUT2D eigenvalue weighted by Gasteiger charge is 2.42. The van der Waals surface area contributed by atoms with Crippen molar-refractivity contribution in [3.63, 3.8) is 0 Å². The topological polar surface area (TPSA) is 73.2 Å². The van der Waals surface area contributed by atoms with Gasteiger partial charge in [-0.3, -0.25) is 5.10 Å². The number of nitrogens with one attached hydrogen (secondary N) is 1. The molecule has 2 aromatic rings. The van der Waals surface area contributed by atoms with Crippen molar-refractivity contribution in [2.75, 3.05) is 5.73 Å². The Morgan fingerprint density at radius 2 is 1.90 bits per heavy atom. The zero-order valence-corrected chi connectivity index (χ0v) is 11.2. The number of nitrogens with zero attached hydrogens (tertiary/aromatic N) is 1. The van der Waals surface area contributed by atoms with Gasteiger partial charge in [-0.15, -0.1) is 0 Å². The summed E-state index contributed by atoms with van der Waals surface area (Å²) in [6, 6.07) is 5.94. The van der Waals surface area contributed by atoms with Crippen LogP contribution in [0.5, 0.6) is 11.5 Å². The number of ether oxygens (including phenoxy) is 2. The minimum absolute atomic E-state index is 0.429. The second-order valence-corrected chi connectivity index (χ2v) is 5.53. The zero-order chi connectivity index (χ0) is 13.6. The molecule has 0 unspecified atom stereocenters. The molecule has 0 atom stereocenters. The van der Waals surface area contributed by atoms with Crippen molar-refractivity contribution >= 4 is 5.82 Å². The Morgan fingerprint density at radius 1 is 1.10 bits per heavy atom. The number of hydrogen-bond acceptors (Lipinski definition) is 4. The molecule has 1 aromatic heterocycles. The average molecular weight is 271 g/mol. The number of nitrogen functional groups attached to an aromatic ring is 1. The third-order valence-corrected chi connectivity index (χ3v) is 4.13. The van der Waals surface area contributed by atoms with Crippen LogP contribution in [0.1, 0.15) is 32.1 Å². The Kier molecular flexibility index (Phi) is 2.42. The van der Waals surface area contributed by atoms with Crippen molar-refractivity contribution in [1.82, 2.24) is 10.2 Å². The summed E-state index contributed by atoms with van der Waals surface area (Å²) in [5, 5.41) is 6.70. The molecule has 1 spiro atoms. The van der Waals surface area contributed by atoms with Crippen LogP contribution in [0.15, 0.2) is 24.4 Å². The van der Waals surface area contributed by atoms with Crippen molar-refractivity contribution in [2.45, 2.75) is 37.9 Å². The molecule has 0 bridgehead atoms. The predicted molar refractivity (Wildman–Crippen MR) is 75.5 cm³/mol. The quantitative estimate of drug-likeness (QED) is 0.836. The van der Waals surface area contributed by atoms with Gasteiger partial charge in [0.2, 0.25) is 0 Å². The van der Waals surface area contributed by atoms with Gasteiger partial charge >= 0.3 is 0 Å². The normalized spacial score (nSPS) is 19.4. The van der Waals surface area contributed by atoms with Crippen molar-refractivity contribution in [3.8, 4) is 22.6 Å². The molecular formula is C15H17N3O2. The first-order chi connectivity index (χ1) is 9.76. The number of H-pyrrole nitrogens is 1. The SMILES string of the molecule is Nc1[nH]ncc1-c1ccc2c(c1)OC1(CCCCC1)O2. The van der Waals surface area contributed by atoms with Crippen LogP contribution in [-0.2, 0) is 0 Å². The van der Waals surface area contributed by atoms with Gasteiger partial charge in [0.25, 0.3) is 5.79 Å². The van der Waals surface area contributed by atoms with E-state index in [0.717, 1.165) is 48.3 Å². The first-order valence-corrected chi connectivity index (χ1v) is 7.07. The van der Waals surface area contributed by atoms with E-state index in [1.807, 2.05) is 18.2 Å². The third-order valence-electron chi connectivity index (χ3n) is 4.13. The summed E-state index contributed by atoms with van der Waals surface area (Å²) in [5.41, 5.74) is 7.75. The van der Waals surface area contributed by atoms with Crippen molar-refractivity contribution < 1.29 is 9.47 Å². The molecule has 1 saturated carbocycles. The Hall–Kier alpha value is -2.17. The second-order valence-electron chi connectivity index (χ2n) is 5.53. The van der Waals surface area contributed by atoms with Crippen LogP contribution in [0.2, 0.25) is 0 Å². The Labute approximate surface area is 117 Å². The number of rotatable bonds is 1. The lowest BCUT2D eigenvalue weighted by Gasteiger charge is -2.31. The monoisotopic (exact) mass is 271 g/mol. The fourth-order valence-corrected chi connectivity index (χ4v) is 3.08. The maximum atomic E-state index is 6.12. The first-order valence-electron chi connectivity index (χ1n) is 7.07. The first kappa shape index (κ1) is 11.6. The molecule has 104 valence electrons. The summed E-state index contributed by atoms with van der Waals surface area (Å²) in [5.74, 6) is 1.78. The molecule has 2 aliphatic rings. The highest BCUT2D eigenvalue weighted by atomic mass is 16.7. The third kappa shape index (κ3) is 1.73. The molecule has 1 aliphatic carbocycles. The van der Waals surface area contributed by atoms with Gasteiger partial charge in [0.1, 0.15) is 5.82 Å². The van der Waals surface area contributed by atoms with Crippen molar-refractivity contribution in [2.24, 2.45) is 0 Å². The Morgan fingerprint density at radius 3 is 2.65 bits per heavy atom. The van der Waals surface area contributed by atoms with Gasteiger partial charge in [-0.2, -0.15) is 5.10 Å². The number of hydrogen-bond donors (Lipinski definition) is 2. The summed E-state index contributed by atoms with van der Waals surface area (Å²) < 4.78 is 12.2. The standard InChI is InChI=1S/C15H17N3O2/c16-14-11(9-17-18-14)10-4-5-12-13(8-10)20-15(19-12)6-2-1-3-7-15/h4-5,8-9H,1-3,6-7H2,(H3,16,17,18). The number of anilines is 1. The lowest BCUT2D eigenvalue weighted by molar-refractivity contribution is -0.105. The molecule has 0 saturated heterocycles. The molecular weight excluding hydrogens is 254 g/mol. The van der Waals surface area contributed by atoms with Gasteiger partial charge < -0.3 is 15.2 Å². The van der Waals surface area contributed by atoms with Crippen LogP contribution in [0, 0.1) is 0 Å². The molecule has 1 aromatic carbocycles. The zero-order valence-electron chi connectivity index (χ0n) is 11.2. The van der Waals surface area contributed by atoms with E-state index >= 15 is 0 Å². The molecule has 5 nitrogen and oxygen atoms in total. The number of nitrogens with two attached hydrogens (primary N) is 1. The van der Waals surface area contributed by atoms with Gasteiger partial charge in [-0.25, -0.2) is 0 Å². The molecule has 1 aliphatic heterocycles. The van der Waals surface area contributed by atoms with Crippen LogP contribution in [0.3, 0.4) is 0 Å². The fourth-order valence-electron chi connectivity index (χ4n) is 3.08.